The number of hydrogen-bond acceptors (Lipinski definition) is 5. The zero-order valence-corrected chi connectivity index (χ0v) is 13.1. The van der Waals surface area contributed by atoms with E-state index in [1.165, 1.54) is 0 Å². The van der Waals surface area contributed by atoms with Crippen molar-refractivity contribution in [2.75, 3.05) is 20.8 Å². The highest BCUT2D eigenvalue weighted by Crippen LogP contribution is 2.38. The third kappa shape index (κ3) is 2.94. The number of benzene rings is 1. The fourth-order valence-electron chi connectivity index (χ4n) is 2.22. The van der Waals surface area contributed by atoms with E-state index in [-0.39, 0.29) is 6.04 Å². The lowest BCUT2D eigenvalue weighted by Gasteiger charge is -2.21. The number of nitrogens with one attached hydrogen (secondary N) is 1. The van der Waals surface area contributed by atoms with Crippen LogP contribution in [0.5, 0.6) is 11.5 Å². The maximum absolute atomic E-state index is 5.51. The normalized spacial score (nSPS) is 12.2. The number of thiazole rings is 1. The van der Waals surface area contributed by atoms with Gasteiger partial charge in [-0.05, 0) is 25.6 Å². The number of rotatable bonds is 6. The molecule has 2 rings (SSSR count). The van der Waals surface area contributed by atoms with Crippen LogP contribution in [0.3, 0.4) is 0 Å². The lowest BCUT2D eigenvalue weighted by atomic mass is 10.0. The number of nitrogens with zero attached hydrogens (tertiary/aromatic N) is 1. The molecule has 0 bridgehead atoms. The molecule has 1 N–H and O–H groups in total. The second-order valence-electron chi connectivity index (χ2n) is 4.35. The fraction of sp³-hybridized carbons (Fsp3) is 0.400. The summed E-state index contributed by atoms with van der Waals surface area (Å²) < 4.78 is 11.0. The van der Waals surface area contributed by atoms with E-state index in [0.29, 0.717) is 0 Å². The van der Waals surface area contributed by atoms with Crippen LogP contribution in [0.1, 0.15) is 28.4 Å². The summed E-state index contributed by atoms with van der Waals surface area (Å²) in [4.78, 5) is 5.51. The number of aromatic nitrogens is 1. The molecule has 1 heterocycles. The molecule has 1 atom stereocenters. The van der Waals surface area contributed by atoms with Crippen LogP contribution >= 0.6 is 11.3 Å². The first kappa shape index (κ1) is 14.8. The summed E-state index contributed by atoms with van der Waals surface area (Å²) in [5, 5.41) is 4.54. The van der Waals surface area contributed by atoms with Gasteiger partial charge in [-0.25, -0.2) is 4.98 Å². The molecule has 0 aliphatic rings. The van der Waals surface area contributed by atoms with E-state index in [1.54, 1.807) is 25.6 Å². The minimum atomic E-state index is 0.0253. The van der Waals surface area contributed by atoms with Crippen LogP contribution in [-0.2, 0) is 0 Å². The summed E-state index contributed by atoms with van der Waals surface area (Å²) >= 11 is 1.68. The van der Waals surface area contributed by atoms with Crippen molar-refractivity contribution < 1.29 is 9.47 Å². The maximum Gasteiger partial charge on any atom is 0.127 e. The lowest BCUT2D eigenvalue weighted by Crippen LogP contribution is -2.22. The Morgan fingerprint density at radius 2 is 1.90 bits per heavy atom. The van der Waals surface area contributed by atoms with E-state index in [2.05, 4.69) is 17.2 Å². The molecule has 0 aliphatic heterocycles. The van der Waals surface area contributed by atoms with Gasteiger partial charge >= 0.3 is 0 Å². The smallest absolute Gasteiger partial charge is 0.127 e. The third-order valence-corrected chi connectivity index (χ3v) is 4.06. The van der Waals surface area contributed by atoms with Crippen LogP contribution in [-0.4, -0.2) is 25.7 Å². The van der Waals surface area contributed by atoms with E-state index in [1.807, 2.05) is 31.3 Å². The number of ether oxygens (including phenoxy) is 2. The van der Waals surface area contributed by atoms with E-state index in [0.717, 1.165) is 33.5 Å². The zero-order chi connectivity index (χ0) is 14.5. The van der Waals surface area contributed by atoms with Crippen LogP contribution in [0, 0.1) is 6.92 Å². The molecule has 0 saturated carbocycles. The summed E-state index contributed by atoms with van der Waals surface area (Å²) in [5.74, 6) is 1.64. The molecule has 5 heteroatoms. The average molecular weight is 292 g/mol. The SMILES string of the molecule is CCNC(c1cnc(C)s1)c1c(OC)cccc1OC. The van der Waals surface area contributed by atoms with Crippen molar-refractivity contribution in [2.45, 2.75) is 19.9 Å². The molecule has 108 valence electrons. The van der Waals surface area contributed by atoms with Gasteiger partial charge in [0.25, 0.3) is 0 Å². The van der Waals surface area contributed by atoms with E-state index >= 15 is 0 Å². The summed E-state index contributed by atoms with van der Waals surface area (Å²) in [5.41, 5.74) is 1.02. The molecule has 0 aliphatic carbocycles. The molecular weight excluding hydrogens is 272 g/mol. The second-order valence-corrected chi connectivity index (χ2v) is 5.61. The molecule has 20 heavy (non-hydrogen) atoms. The Kier molecular flexibility index (Phi) is 4.98. The highest BCUT2D eigenvalue weighted by atomic mass is 32.1. The standard InChI is InChI=1S/C15H20N2O2S/c1-5-16-15(13-9-17-10(2)20-13)14-11(18-3)7-6-8-12(14)19-4/h6-9,15-16H,5H2,1-4H3. The lowest BCUT2D eigenvalue weighted by molar-refractivity contribution is 0.378. The van der Waals surface area contributed by atoms with Gasteiger partial charge in [0, 0.05) is 11.1 Å². The van der Waals surface area contributed by atoms with Crippen LogP contribution < -0.4 is 14.8 Å². The van der Waals surface area contributed by atoms with Crippen molar-refractivity contribution in [2.24, 2.45) is 0 Å². The molecule has 0 radical (unpaired) electrons. The molecule has 1 aromatic carbocycles. The largest absolute Gasteiger partial charge is 0.496 e. The van der Waals surface area contributed by atoms with Crippen molar-refractivity contribution in [3.8, 4) is 11.5 Å². The zero-order valence-electron chi connectivity index (χ0n) is 12.3. The predicted octanol–water partition coefficient (Wildman–Crippen LogP) is 3.17. The third-order valence-electron chi connectivity index (χ3n) is 3.09. The molecule has 0 saturated heterocycles. The van der Waals surface area contributed by atoms with Gasteiger partial charge in [0.15, 0.2) is 0 Å². The molecule has 0 spiro atoms. The Morgan fingerprint density at radius 1 is 1.25 bits per heavy atom. The number of aryl methyl sites for hydroxylation is 1. The van der Waals surface area contributed by atoms with Crippen molar-refractivity contribution in [3.05, 3.63) is 39.8 Å². The summed E-state index contributed by atoms with van der Waals surface area (Å²) in [6.45, 7) is 4.95. The Labute approximate surface area is 123 Å². The van der Waals surface area contributed by atoms with Gasteiger partial charge in [-0.2, -0.15) is 0 Å². The van der Waals surface area contributed by atoms with Crippen LogP contribution in [0.4, 0.5) is 0 Å². The van der Waals surface area contributed by atoms with Crippen molar-refractivity contribution in [1.29, 1.82) is 0 Å². The minimum Gasteiger partial charge on any atom is -0.496 e. The van der Waals surface area contributed by atoms with Crippen LogP contribution in [0.25, 0.3) is 0 Å². The Balaban J connectivity index is 2.53. The van der Waals surface area contributed by atoms with Crippen LogP contribution in [0.2, 0.25) is 0 Å². The Bertz CT molecular complexity index is 547. The highest BCUT2D eigenvalue weighted by Gasteiger charge is 2.23. The van der Waals surface area contributed by atoms with Gasteiger partial charge in [-0.1, -0.05) is 13.0 Å². The van der Waals surface area contributed by atoms with Gasteiger partial charge < -0.3 is 14.8 Å². The van der Waals surface area contributed by atoms with E-state index < -0.39 is 0 Å². The second kappa shape index (κ2) is 6.72. The summed E-state index contributed by atoms with van der Waals surface area (Å²) in [7, 11) is 3.36. The van der Waals surface area contributed by atoms with Gasteiger partial charge in [0.05, 0.1) is 30.8 Å². The maximum atomic E-state index is 5.51. The molecule has 1 aromatic heterocycles. The van der Waals surface area contributed by atoms with Gasteiger partial charge in [-0.3, -0.25) is 0 Å². The highest BCUT2D eigenvalue weighted by molar-refractivity contribution is 7.11. The van der Waals surface area contributed by atoms with Gasteiger partial charge in [0.2, 0.25) is 0 Å². The topological polar surface area (TPSA) is 43.4 Å². The Hall–Kier alpha value is -1.59. The van der Waals surface area contributed by atoms with Crippen molar-refractivity contribution >= 4 is 11.3 Å². The van der Waals surface area contributed by atoms with Crippen molar-refractivity contribution in [1.82, 2.24) is 10.3 Å². The quantitative estimate of drug-likeness (QED) is 0.888. The van der Waals surface area contributed by atoms with Gasteiger partial charge in [0.1, 0.15) is 11.5 Å². The predicted molar refractivity (Wildman–Crippen MR) is 81.9 cm³/mol. The van der Waals surface area contributed by atoms with E-state index in [4.69, 9.17) is 9.47 Å². The molecule has 0 fully saturated rings. The molecule has 2 aromatic rings. The first-order valence-electron chi connectivity index (χ1n) is 6.57. The molecule has 4 nitrogen and oxygen atoms in total. The average Bonchev–Trinajstić information content (AvgIpc) is 2.90. The first-order chi connectivity index (χ1) is 9.71. The van der Waals surface area contributed by atoms with Gasteiger partial charge in [-0.15, -0.1) is 11.3 Å². The van der Waals surface area contributed by atoms with E-state index in [9.17, 15) is 0 Å². The monoisotopic (exact) mass is 292 g/mol. The Morgan fingerprint density at radius 3 is 2.35 bits per heavy atom. The first-order valence-corrected chi connectivity index (χ1v) is 7.39. The molecular formula is C15H20N2O2S. The van der Waals surface area contributed by atoms with Crippen LogP contribution in [0.15, 0.2) is 24.4 Å². The number of methoxy groups -OCH3 is 2. The molecule has 0 amide bonds. The summed E-state index contributed by atoms with van der Waals surface area (Å²) in [6, 6.07) is 5.87. The molecule has 1 unspecified atom stereocenters. The minimum absolute atomic E-state index is 0.0253. The fourth-order valence-corrected chi connectivity index (χ4v) is 3.10. The summed E-state index contributed by atoms with van der Waals surface area (Å²) in [6.07, 6.45) is 1.92. The number of hydrogen-bond donors (Lipinski definition) is 1. The van der Waals surface area contributed by atoms with Crippen molar-refractivity contribution in [3.63, 3.8) is 0 Å².